The van der Waals surface area contributed by atoms with Gasteiger partial charge >= 0.3 is 0 Å². The standard InChI is InChI=1S/C19H21F2N5/c1-25(12-14-5-3-2-4-6-14)17-7-8-26(13-19(17,20)21)16-9-15-10-23-24-18(15)22-11-16/h2-6,9-11,17H,7-8,12-13H2,1H3,(H,22,23,24). The molecule has 2 aromatic heterocycles. The molecule has 0 bridgehead atoms. The lowest BCUT2D eigenvalue weighted by Gasteiger charge is -2.43. The number of H-pyrrole nitrogens is 1. The fraction of sp³-hybridized carbons (Fsp3) is 0.368. The van der Waals surface area contributed by atoms with Crippen molar-refractivity contribution in [3.63, 3.8) is 0 Å². The average Bonchev–Trinajstić information content (AvgIpc) is 3.09. The first-order valence-corrected chi connectivity index (χ1v) is 8.69. The summed E-state index contributed by atoms with van der Waals surface area (Å²) in [5.41, 5.74) is 2.42. The minimum absolute atomic E-state index is 0.304. The molecule has 3 heterocycles. The van der Waals surface area contributed by atoms with Gasteiger partial charge in [0.25, 0.3) is 5.92 Å². The second-order valence-corrected chi connectivity index (χ2v) is 6.89. The number of nitrogens with one attached hydrogen (secondary N) is 1. The van der Waals surface area contributed by atoms with Crippen molar-refractivity contribution in [2.45, 2.75) is 24.9 Å². The van der Waals surface area contributed by atoms with E-state index >= 15 is 0 Å². The number of rotatable bonds is 4. The number of anilines is 1. The number of pyridine rings is 1. The molecule has 0 saturated carbocycles. The molecule has 0 aliphatic carbocycles. The van der Waals surface area contributed by atoms with Crippen LogP contribution in [0.4, 0.5) is 14.5 Å². The molecule has 136 valence electrons. The van der Waals surface area contributed by atoms with E-state index in [9.17, 15) is 8.78 Å². The van der Waals surface area contributed by atoms with Crippen molar-refractivity contribution in [3.8, 4) is 0 Å². The van der Waals surface area contributed by atoms with E-state index in [1.807, 2.05) is 36.4 Å². The smallest absolute Gasteiger partial charge is 0.280 e. The summed E-state index contributed by atoms with van der Waals surface area (Å²) in [4.78, 5) is 7.74. The molecule has 1 saturated heterocycles. The molecule has 1 aromatic carbocycles. The number of hydrogen-bond acceptors (Lipinski definition) is 4. The number of piperidine rings is 1. The highest BCUT2D eigenvalue weighted by Crippen LogP contribution is 2.34. The molecular formula is C19H21F2N5. The van der Waals surface area contributed by atoms with Crippen molar-refractivity contribution in [1.82, 2.24) is 20.1 Å². The van der Waals surface area contributed by atoms with Crippen molar-refractivity contribution in [1.29, 1.82) is 0 Å². The van der Waals surface area contributed by atoms with Crippen LogP contribution in [0.15, 0.2) is 48.8 Å². The van der Waals surface area contributed by atoms with Crippen LogP contribution >= 0.6 is 0 Å². The minimum atomic E-state index is -2.80. The van der Waals surface area contributed by atoms with Gasteiger partial charge in [0.15, 0.2) is 5.65 Å². The topological polar surface area (TPSA) is 48.0 Å². The molecule has 1 atom stereocenters. The van der Waals surface area contributed by atoms with Crippen LogP contribution in [0.1, 0.15) is 12.0 Å². The summed E-state index contributed by atoms with van der Waals surface area (Å²) in [5, 5.41) is 7.53. The summed E-state index contributed by atoms with van der Waals surface area (Å²) < 4.78 is 29.8. The van der Waals surface area contributed by atoms with Crippen LogP contribution in [0.25, 0.3) is 11.0 Å². The van der Waals surface area contributed by atoms with Crippen LogP contribution in [0.2, 0.25) is 0 Å². The van der Waals surface area contributed by atoms with E-state index in [0.717, 1.165) is 10.9 Å². The Kier molecular flexibility index (Phi) is 4.32. The molecule has 0 spiro atoms. The molecule has 1 N–H and O–H groups in total. The summed E-state index contributed by atoms with van der Waals surface area (Å²) in [7, 11) is 1.78. The Morgan fingerprint density at radius 1 is 1.27 bits per heavy atom. The van der Waals surface area contributed by atoms with E-state index in [1.165, 1.54) is 0 Å². The van der Waals surface area contributed by atoms with E-state index in [2.05, 4.69) is 15.2 Å². The van der Waals surface area contributed by atoms with Crippen molar-refractivity contribution in [2.75, 3.05) is 25.0 Å². The zero-order valence-electron chi connectivity index (χ0n) is 14.6. The van der Waals surface area contributed by atoms with Crippen molar-refractivity contribution in [3.05, 3.63) is 54.4 Å². The normalized spacial score (nSPS) is 20.0. The average molecular weight is 357 g/mol. The first kappa shape index (κ1) is 16.9. The van der Waals surface area contributed by atoms with Crippen LogP contribution in [0.5, 0.6) is 0 Å². The zero-order chi connectivity index (χ0) is 18.1. The quantitative estimate of drug-likeness (QED) is 0.778. The van der Waals surface area contributed by atoms with Crippen LogP contribution in [0, 0.1) is 0 Å². The van der Waals surface area contributed by atoms with Crippen molar-refractivity contribution >= 4 is 16.7 Å². The molecule has 26 heavy (non-hydrogen) atoms. The van der Waals surface area contributed by atoms with E-state index in [4.69, 9.17) is 0 Å². The summed E-state index contributed by atoms with van der Waals surface area (Å²) in [6, 6.07) is 10.8. The highest BCUT2D eigenvalue weighted by atomic mass is 19.3. The number of hydrogen-bond donors (Lipinski definition) is 1. The highest BCUT2D eigenvalue weighted by molar-refractivity contribution is 5.77. The van der Waals surface area contributed by atoms with Crippen molar-refractivity contribution < 1.29 is 8.78 Å². The maximum absolute atomic E-state index is 14.9. The summed E-state index contributed by atoms with van der Waals surface area (Å²) in [5.74, 6) is -2.80. The van der Waals surface area contributed by atoms with Crippen LogP contribution < -0.4 is 4.90 Å². The predicted molar refractivity (Wildman–Crippen MR) is 97.4 cm³/mol. The van der Waals surface area contributed by atoms with Crippen molar-refractivity contribution in [2.24, 2.45) is 0 Å². The highest BCUT2D eigenvalue weighted by Gasteiger charge is 2.46. The fourth-order valence-electron chi connectivity index (χ4n) is 3.67. The Balaban J connectivity index is 1.48. The van der Waals surface area contributed by atoms with Crippen LogP contribution in [-0.2, 0) is 6.54 Å². The number of halogens is 2. The third-order valence-corrected chi connectivity index (χ3v) is 5.01. The third kappa shape index (κ3) is 3.26. The second-order valence-electron chi connectivity index (χ2n) is 6.89. The van der Waals surface area contributed by atoms with E-state index < -0.39 is 12.0 Å². The molecule has 0 amide bonds. The monoisotopic (exact) mass is 357 g/mol. The van der Waals surface area contributed by atoms with Gasteiger partial charge in [0.2, 0.25) is 0 Å². The molecule has 4 rings (SSSR count). The molecule has 1 aliphatic heterocycles. The molecule has 1 unspecified atom stereocenters. The Labute approximate surface area is 150 Å². The van der Waals surface area contributed by atoms with Gasteiger partial charge in [-0.3, -0.25) is 10.00 Å². The fourth-order valence-corrected chi connectivity index (χ4v) is 3.67. The lowest BCUT2D eigenvalue weighted by atomic mass is 9.98. The van der Waals surface area contributed by atoms with Crippen LogP contribution in [-0.4, -0.2) is 52.2 Å². The van der Waals surface area contributed by atoms with Gasteiger partial charge in [0, 0.05) is 18.5 Å². The Morgan fingerprint density at radius 2 is 2.08 bits per heavy atom. The van der Waals surface area contributed by atoms with Gasteiger partial charge in [-0.1, -0.05) is 30.3 Å². The number of aromatic nitrogens is 3. The molecule has 1 aliphatic rings. The Bertz CT molecular complexity index is 880. The number of benzene rings is 1. The third-order valence-electron chi connectivity index (χ3n) is 5.01. The molecule has 1 fully saturated rings. The molecule has 7 heteroatoms. The minimum Gasteiger partial charge on any atom is -0.364 e. The molecular weight excluding hydrogens is 336 g/mol. The lowest BCUT2D eigenvalue weighted by Crippen LogP contribution is -2.57. The maximum Gasteiger partial charge on any atom is 0.280 e. The number of nitrogens with zero attached hydrogens (tertiary/aromatic N) is 4. The largest absolute Gasteiger partial charge is 0.364 e. The SMILES string of the molecule is CN(Cc1ccccc1)C1CCN(c2cnc3[nH]ncc3c2)CC1(F)F. The zero-order valence-corrected chi connectivity index (χ0v) is 14.6. The van der Waals surface area contributed by atoms with E-state index in [0.29, 0.717) is 30.8 Å². The van der Waals surface area contributed by atoms with Crippen LogP contribution in [0.3, 0.4) is 0 Å². The summed E-state index contributed by atoms with van der Waals surface area (Å²) in [6.07, 6.45) is 3.69. The lowest BCUT2D eigenvalue weighted by molar-refractivity contribution is -0.0835. The Morgan fingerprint density at radius 3 is 2.85 bits per heavy atom. The first-order chi connectivity index (χ1) is 12.5. The summed E-state index contributed by atoms with van der Waals surface area (Å²) in [6.45, 7) is 0.788. The van der Waals surface area contributed by atoms with Gasteiger partial charge in [-0.15, -0.1) is 0 Å². The maximum atomic E-state index is 14.9. The second kappa shape index (κ2) is 6.64. The Hall–Kier alpha value is -2.54. The first-order valence-electron chi connectivity index (χ1n) is 8.69. The van der Waals surface area contributed by atoms with E-state index in [-0.39, 0.29) is 6.54 Å². The van der Waals surface area contributed by atoms with Gasteiger partial charge in [-0.05, 0) is 25.1 Å². The number of fused-ring (bicyclic) bond motifs is 1. The van der Waals surface area contributed by atoms with Gasteiger partial charge < -0.3 is 4.90 Å². The predicted octanol–water partition coefficient (Wildman–Crippen LogP) is 3.30. The number of aromatic amines is 1. The molecule has 5 nitrogen and oxygen atoms in total. The summed E-state index contributed by atoms with van der Waals surface area (Å²) >= 11 is 0. The van der Waals surface area contributed by atoms with Gasteiger partial charge in [-0.2, -0.15) is 5.10 Å². The van der Waals surface area contributed by atoms with Gasteiger partial charge in [0.1, 0.15) is 0 Å². The van der Waals surface area contributed by atoms with Gasteiger partial charge in [0.05, 0.1) is 30.7 Å². The molecule has 3 aromatic rings. The van der Waals surface area contributed by atoms with E-state index in [1.54, 1.807) is 29.2 Å². The number of alkyl halides is 2. The van der Waals surface area contributed by atoms with Gasteiger partial charge in [-0.25, -0.2) is 13.8 Å². The molecule has 0 radical (unpaired) electrons.